The van der Waals surface area contributed by atoms with E-state index in [9.17, 15) is 8.42 Å². The number of hydrogen-bond donors (Lipinski definition) is 0. The Bertz CT molecular complexity index is 474. The minimum atomic E-state index is -3.40. The van der Waals surface area contributed by atoms with Crippen LogP contribution in [-0.4, -0.2) is 48.8 Å². The zero-order chi connectivity index (χ0) is 11.8. The van der Waals surface area contributed by atoms with Crippen LogP contribution in [0.25, 0.3) is 0 Å². The number of nitrogens with zero attached hydrogens (tertiary/aromatic N) is 3. The lowest BCUT2D eigenvalue weighted by Crippen LogP contribution is -2.40. The van der Waals surface area contributed by atoms with Crippen molar-refractivity contribution in [3.05, 3.63) is 11.9 Å². The molecule has 0 aliphatic carbocycles. The predicted molar refractivity (Wildman–Crippen MR) is 57.5 cm³/mol. The maximum atomic E-state index is 12.2. The van der Waals surface area contributed by atoms with Gasteiger partial charge in [-0.05, 0) is 6.92 Å². The lowest BCUT2D eigenvalue weighted by Gasteiger charge is -2.25. The second-order valence-electron chi connectivity index (χ2n) is 3.77. The smallest absolute Gasteiger partial charge is 0.246 e. The standard InChI is InChI=1S/C9H15N3O3S/c1-8-9(7-11(2)10-8)16(13,14)12-3-5-15-6-4-12/h7H,3-6H2,1-2H3. The normalized spacial score (nSPS) is 18.9. The van der Waals surface area contributed by atoms with Crippen molar-refractivity contribution < 1.29 is 13.2 Å². The summed E-state index contributed by atoms with van der Waals surface area (Å²) >= 11 is 0. The van der Waals surface area contributed by atoms with Crippen LogP contribution in [0.3, 0.4) is 0 Å². The van der Waals surface area contributed by atoms with Crippen molar-refractivity contribution in [2.75, 3.05) is 26.3 Å². The van der Waals surface area contributed by atoms with Gasteiger partial charge in [-0.2, -0.15) is 9.40 Å². The summed E-state index contributed by atoms with van der Waals surface area (Å²) in [4.78, 5) is 0.289. The molecule has 0 aromatic carbocycles. The molecule has 0 radical (unpaired) electrons. The molecule has 0 spiro atoms. The van der Waals surface area contributed by atoms with Gasteiger partial charge in [-0.25, -0.2) is 8.42 Å². The van der Waals surface area contributed by atoms with E-state index in [-0.39, 0.29) is 4.90 Å². The molecule has 1 saturated heterocycles. The SMILES string of the molecule is Cc1nn(C)cc1S(=O)(=O)N1CCOCC1. The van der Waals surface area contributed by atoms with E-state index in [0.29, 0.717) is 32.0 Å². The maximum Gasteiger partial charge on any atom is 0.246 e. The summed E-state index contributed by atoms with van der Waals surface area (Å²) in [7, 11) is -1.69. The molecule has 16 heavy (non-hydrogen) atoms. The van der Waals surface area contributed by atoms with Gasteiger partial charge in [0.1, 0.15) is 4.90 Å². The first-order valence-electron chi connectivity index (χ1n) is 5.10. The molecule has 2 rings (SSSR count). The Hall–Kier alpha value is -0.920. The van der Waals surface area contributed by atoms with Crippen molar-refractivity contribution in [2.45, 2.75) is 11.8 Å². The summed E-state index contributed by atoms with van der Waals surface area (Å²) in [6.45, 7) is 3.44. The van der Waals surface area contributed by atoms with Crippen molar-refractivity contribution in [1.82, 2.24) is 14.1 Å². The summed E-state index contributed by atoms with van der Waals surface area (Å²) < 4.78 is 32.6. The highest BCUT2D eigenvalue weighted by atomic mass is 32.2. The molecule has 90 valence electrons. The van der Waals surface area contributed by atoms with Gasteiger partial charge >= 0.3 is 0 Å². The monoisotopic (exact) mass is 245 g/mol. The van der Waals surface area contributed by atoms with Crippen LogP contribution >= 0.6 is 0 Å². The molecule has 0 bridgehead atoms. The molecule has 1 aliphatic rings. The van der Waals surface area contributed by atoms with Gasteiger partial charge in [0.2, 0.25) is 10.0 Å². The van der Waals surface area contributed by atoms with Crippen LogP contribution in [0.2, 0.25) is 0 Å². The third kappa shape index (κ3) is 1.98. The lowest BCUT2D eigenvalue weighted by atomic mass is 10.5. The van der Waals surface area contributed by atoms with Gasteiger partial charge in [0.15, 0.2) is 0 Å². The summed E-state index contributed by atoms with van der Waals surface area (Å²) in [6.07, 6.45) is 1.54. The molecule has 0 atom stereocenters. The molecule has 1 aliphatic heterocycles. The Labute approximate surface area is 94.9 Å². The van der Waals surface area contributed by atoms with Crippen molar-refractivity contribution in [3.63, 3.8) is 0 Å². The third-order valence-electron chi connectivity index (χ3n) is 2.56. The van der Waals surface area contributed by atoms with E-state index in [4.69, 9.17) is 4.74 Å². The number of morpholine rings is 1. The molecule has 0 amide bonds. The van der Waals surface area contributed by atoms with Crippen LogP contribution < -0.4 is 0 Å². The minimum absolute atomic E-state index is 0.289. The number of aromatic nitrogens is 2. The minimum Gasteiger partial charge on any atom is -0.379 e. The van der Waals surface area contributed by atoms with Gasteiger partial charge in [-0.3, -0.25) is 4.68 Å². The maximum absolute atomic E-state index is 12.2. The quantitative estimate of drug-likeness (QED) is 0.720. The van der Waals surface area contributed by atoms with E-state index in [1.807, 2.05) is 0 Å². The Morgan fingerprint density at radius 1 is 1.38 bits per heavy atom. The first kappa shape index (κ1) is 11.6. The van der Waals surface area contributed by atoms with Crippen molar-refractivity contribution >= 4 is 10.0 Å². The molecule has 0 N–H and O–H groups in total. The second-order valence-corrected chi connectivity index (χ2v) is 5.68. The van der Waals surface area contributed by atoms with Gasteiger partial charge in [0, 0.05) is 26.3 Å². The van der Waals surface area contributed by atoms with E-state index in [1.165, 1.54) is 8.99 Å². The van der Waals surface area contributed by atoms with Crippen molar-refractivity contribution in [2.24, 2.45) is 7.05 Å². The summed E-state index contributed by atoms with van der Waals surface area (Å²) in [5, 5.41) is 4.05. The summed E-state index contributed by atoms with van der Waals surface area (Å²) in [6, 6.07) is 0. The van der Waals surface area contributed by atoms with Crippen molar-refractivity contribution in [3.8, 4) is 0 Å². The van der Waals surface area contributed by atoms with E-state index in [1.54, 1.807) is 20.2 Å². The van der Waals surface area contributed by atoms with Gasteiger partial charge < -0.3 is 4.74 Å². The van der Waals surface area contributed by atoms with Gasteiger partial charge in [-0.15, -0.1) is 0 Å². The van der Waals surface area contributed by atoms with Crippen molar-refractivity contribution in [1.29, 1.82) is 0 Å². The van der Waals surface area contributed by atoms with E-state index < -0.39 is 10.0 Å². The van der Waals surface area contributed by atoms with Gasteiger partial charge in [0.25, 0.3) is 0 Å². The van der Waals surface area contributed by atoms with Crippen LogP contribution in [0, 0.1) is 6.92 Å². The Balaban J connectivity index is 2.34. The molecule has 1 fully saturated rings. The molecule has 1 aromatic heterocycles. The molecule has 1 aromatic rings. The zero-order valence-electron chi connectivity index (χ0n) is 9.38. The molecular weight excluding hydrogens is 230 g/mol. The van der Waals surface area contributed by atoms with E-state index in [2.05, 4.69) is 5.10 Å². The van der Waals surface area contributed by atoms with E-state index >= 15 is 0 Å². The fourth-order valence-corrected chi connectivity index (χ4v) is 3.37. The van der Waals surface area contributed by atoms with Gasteiger partial charge in [0.05, 0.1) is 18.9 Å². The Morgan fingerprint density at radius 3 is 2.50 bits per heavy atom. The molecule has 6 nitrogen and oxygen atoms in total. The molecular formula is C9H15N3O3S. The number of hydrogen-bond acceptors (Lipinski definition) is 4. The highest BCUT2D eigenvalue weighted by Crippen LogP contribution is 2.19. The Morgan fingerprint density at radius 2 is 2.00 bits per heavy atom. The highest BCUT2D eigenvalue weighted by Gasteiger charge is 2.29. The molecule has 0 saturated carbocycles. The number of sulfonamides is 1. The lowest BCUT2D eigenvalue weighted by molar-refractivity contribution is 0.0730. The highest BCUT2D eigenvalue weighted by molar-refractivity contribution is 7.89. The first-order valence-corrected chi connectivity index (χ1v) is 6.54. The first-order chi connectivity index (χ1) is 7.51. The topological polar surface area (TPSA) is 64.4 Å². The summed E-state index contributed by atoms with van der Waals surface area (Å²) in [5.74, 6) is 0. The van der Waals surface area contributed by atoms with Crippen LogP contribution in [0.5, 0.6) is 0 Å². The zero-order valence-corrected chi connectivity index (χ0v) is 10.2. The fourth-order valence-electron chi connectivity index (χ4n) is 1.76. The molecule has 2 heterocycles. The van der Waals surface area contributed by atoms with Crippen LogP contribution in [0.15, 0.2) is 11.1 Å². The summed E-state index contributed by atoms with van der Waals surface area (Å²) in [5.41, 5.74) is 0.536. The molecule has 7 heteroatoms. The van der Waals surface area contributed by atoms with E-state index in [0.717, 1.165) is 0 Å². The third-order valence-corrected chi connectivity index (χ3v) is 4.56. The average Bonchev–Trinajstić information content (AvgIpc) is 2.60. The number of rotatable bonds is 2. The van der Waals surface area contributed by atoms with Gasteiger partial charge in [-0.1, -0.05) is 0 Å². The number of ether oxygens (including phenoxy) is 1. The fraction of sp³-hybridized carbons (Fsp3) is 0.667. The average molecular weight is 245 g/mol. The van der Waals surface area contributed by atoms with Crippen LogP contribution in [0.4, 0.5) is 0 Å². The second kappa shape index (κ2) is 4.15. The van der Waals surface area contributed by atoms with Crippen LogP contribution in [-0.2, 0) is 21.8 Å². The van der Waals surface area contributed by atoms with Crippen LogP contribution in [0.1, 0.15) is 5.69 Å². The predicted octanol–water partition coefficient (Wildman–Crippen LogP) is -0.251. The number of aryl methyl sites for hydroxylation is 2. The molecule has 0 unspecified atom stereocenters. The Kier molecular flexibility index (Phi) is 3.00. The largest absolute Gasteiger partial charge is 0.379 e.